The summed E-state index contributed by atoms with van der Waals surface area (Å²) in [5.74, 6) is -2.37. The number of carbonyl (C=O) groups is 3. The number of benzene rings is 1. The normalized spacial score (nSPS) is 34.0. The number of rotatable bonds is 7. The van der Waals surface area contributed by atoms with Crippen LogP contribution < -0.4 is 10.6 Å². The third-order valence-corrected chi connectivity index (χ3v) is 7.97. The smallest absolute Gasteiger partial charge is 0.247 e. The summed E-state index contributed by atoms with van der Waals surface area (Å²) in [4.78, 5) is 41.7. The molecule has 3 aliphatic heterocycles. The zero-order valence-electron chi connectivity index (χ0n) is 19.5. The first-order valence-corrected chi connectivity index (χ1v) is 11.7. The number of hydrogen-bond donors (Lipinski definition) is 3. The van der Waals surface area contributed by atoms with Gasteiger partial charge < -0.3 is 25.4 Å². The number of amides is 3. The van der Waals surface area contributed by atoms with E-state index in [1.165, 1.54) is 4.90 Å². The van der Waals surface area contributed by atoms with Crippen LogP contribution in [0.15, 0.2) is 24.3 Å². The van der Waals surface area contributed by atoms with Crippen LogP contribution in [0.25, 0.3) is 11.0 Å². The Balaban J connectivity index is 1.48. The lowest BCUT2D eigenvalue weighted by molar-refractivity contribution is -0.147. The maximum atomic E-state index is 13.7. The van der Waals surface area contributed by atoms with Gasteiger partial charge in [0.25, 0.3) is 0 Å². The van der Waals surface area contributed by atoms with Gasteiger partial charge in [-0.15, -0.1) is 5.10 Å². The number of hydrogen-bond acceptors (Lipinski definition) is 7. The lowest BCUT2D eigenvalue weighted by Gasteiger charge is -2.36. The molecule has 1 spiro atoms. The molecule has 34 heavy (non-hydrogen) atoms. The molecule has 4 heterocycles. The Hall–Kier alpha value is -3.05. The van der Waals surface area contributed by atoms with E-state index in [-0.39, 0.29) is 43.5 Å². The molecule has 11 nitrogen and oxygen atoms in total. The highest BCUT2D eigenvalue weighted by atomic mass is 16.5. The summed E-state index contributed by atoms with van der Waals surface area (Å²) in [6, 6.07) is 6.52. The lowest BCUT2D eigenvalue weighted by Crippen LogP contribution is -2.56. The first-order valence-electron chi connectivity index (χ1n) is 11.7. The maximum Gasteiger partial charge on any atom is 0.247 e. The number of aromatic nitrogens is 3. The van der Waals surface area contributed by atoms with Gasteiger partial charge in [-0.2, -0.15) is 0 Å². The molecule has 11 heteroatoms. The molecule has 5 rings (SSSR count). The van der Waals surface area contributed by atoms with Crippen molar-refractivity contribution in [3.63, 3.8) is 0 Å². The van der Waals surface area contributed by atoms with E-state index in [0.717, 1.165) is 5.52 Å². The second-order valence-electron chi connectivity index (χ2n) is 9.70. The standard InChI is InChI=1S/C23H30N6O5/c1-13-11-23-17(16(19(31)24-3)22(13,2)34-23)21(33)28(9-6-10-30)18(23)20(32)25-12-29-15-8-5-4-7-14(15)26-27-29/h4-5,7-8,13,16-18,30H,6,9-12H2,1-3H3,(H,24,31)(H,25,32)/t13?,16-,17+,18?,22+,23?/m1/s1. The molecule has 2 aromatic rings. The van der Waals surface area contributed by atoms with E-state index in [2.05, 4.69) is 20.9 Å². The summed E-state index contributed by atoms with van der Waals surface area (Å²) in [5.41, 5.74) is -0.461. The van der Waals surface area contributed by atoms with E-state index in [9.17, 15) is 19.5 Å². The molecule has 1 aromatic heterocycles. The molecule has 2 bridgehead atoms. The third kappa shape index (κ3) is 2.99. The van der Waals surface area contributed by atoms with Crippen molar-refractivity contribution in [2.24, 2.45) is 17.8 Å². The van der Waals surface area contributed by atoms with Crippen molar-refractivity contribution in [2.75, 3.05) is 20.2 Å². The first-order chi connectivity index (χ1) is 16.3. The third-order valence-electron chi connectivity index (χ3n) is 7.97. The molecule has 1 aromatic carbocycles. The van der Waals surface area contributed by atoms with Crippen LogP contribution in [0.1, 0.15) is 26.7 Å². The van der Waals surface area contributed by atoms with Crippen molar-refractivity contribution in [1.82, 2.24) is 30.5 Å². The van der Waals surface area contributed by atoms with Gasteiger partial charge in [-0.1, -0.05) is 24.3 Å². The Morgan fingerprint density at radius 2 is 2.06 bits per heavy atom. The van der Waals surface area contributed by atoms with Crippen molar-refractivity contribution >= 4 is 28.8 Å². The molecule has 182 valence electrons. The molecule has 3 N–H and O–H groups in total. The number of para-hydroxylation sites is 1. The van der Waals surface area contributed by atoms with Crippen LogP contribution in [0.3, 0.4) is 0 Å². The Morgan fingerprint density at radius 1 is 1.29 bits per heavy atom. The zero-order chi connectivity index (χ0) is 24.3. The Kier molecular flexibility index (Phi) is 5.36. The van der Waals surface area contributed by atoms with Gasteiger partial charge in [-0.3, -0.25) is 14.4 Å². The Labute approximate surface area is 196 Å². The predicted octanol–water partition coefficient (Wildman–Crippen LogP) is -0.356. The predicted molar refractivity (Wildman–Crippen MR) is 120 cm³/mol. The van der Waals surface area contributed by atoms with Gasteiger partial charge in [0.15, 0.2) is 0 Å². The molecule has 0 radical (unpaired) electrons. The molecule has 3 fully saturated rings. The molecule has 3 aliphatic rings. The van der Waals surface area contributed by atoms with Gasteiger partial charge in [0, 0.05) is 20.2 Å². The zero-order valence-corrected chi connectivity index (χ0v) is 19.5. The first kappa shape index (κ1) is 22.7. The number of nitrogens with one attached hydrogen (secondary N) is 2. The van der Waals surface area contributed by atoms with E-state index < -0.39 is 29.1 Å². The minimum absolute atomic E-state index is 0.0220. The quantitative estimate of drug-likeness (QED) is 0.502. The van der Waals surface area contributed by atoms with Crippen LogP contribution in [-0.4, -0.2) is 80.2 Å². The fourth-order valence-electron chi connectivity index (χ4n) is 6.36. The maximum absolute atomic E-state index is 13.7. The average Bonchev–Trinajstić information content (AvgIpc) is 3.49. The highest BCUT2D eigenvalue weighted by Gasteiger charge is 2.79. The number of carbonyl (C=O) groups excluding carboxylic acids is 3. The summed E-state index contributed by atoms with van der Waals surface area (Å²) >= 11 is 0. The van der Waals surface area contributed by atoms with E-state index in [1.54, 1.807) is 11.7 Å². The van der Waals surface area contributed by atoms with Gasteiger partial charge in [0.05, 0.1) is 23.0 Å². The number of likely N-dealkylation sites (tertiary alicyclic amines) is 1. The largest absolute Gasteiger partial charge is 0.396 e. The van der Waals surface area contributed by atoms with Gasteiger partial charge >= 0.3 is 0 Å². The van der Waals surface area contributed by atoms with E-state index in [0.29, 0.717) is 18.4 Å². The number of aliphatic hydroxyl groups is 1. The summed E-state index contributed by atoms with van der Waals surface area (Å²) in [5, 5.41) is 23.2. The van der Waals surface area contributed by atoms with Crippen molar-refractivity contribution in [3.05, 3.63) is 24.3 Å². The second kappa shape index (κ2) is 8.02. The van der Waals surface area contributed by atoms with Crippen LogP contribution in [0.5, 0.6) is 0 Å². The van der Waals surface area contributed by atoms with Crippen LogP contribution in [-0.2, 0) is 25.8 Å². The minimum atomic E-state index is -1.10. The highest BCUT2D eigenvalue weighted by molar-refractivity contribution is 5.99. The minimum Gasteiger partial charge on any atom is -0.396 e. The fraction of sp³-hybridized carbons (Fsp3) is 0.609. The Morgan fingerprint density at radius 3 is 2.79 bits per heavy atom. The molecule has 6 atom stereocenters. The van der Waals surface area contributed by atoms with Crippen molar-refractivity contribution in [3.8, 4) is 0 Å². The molecule has 3 amide bonds. The molecular weight excluding hydrogens is 440 g/mol. The van der Waals surface area contributed by atoms with Crippen LogP contribution in [0.2, 0.25) is 0 Å². The molecule has 3 saturated heterocycles. The second-order valence-corrected chi connectivity index (χ2v) is 9.70. The van der Waals surface area contributed by atoms with Gasteiger partial charge in [-0.25, -0.2) is 4.68 Å². The summed E-state index contributed by atoms with van der Waals surface area (Å²) in [7, 11) is 1.55. The van der Waals surface area contributed by atoms with Gasteiger partial charge in [0.2, 0.25) is 17.7 Å². The van der Waals surface area contributed by atoms with E-state index in [4.69, 9.17) is 4.74 Å². The number of fused-ring (bicyclic) bond motifs is 2. The summed E-state index contributed by atoms with van der Waals surface area (Å²) in [6.07, 6.45) is 0.816. The topological polar surface area (TPSA) is 139 Å². The monoisotopic (exact) mass is 470 g/mol. The van der Waals surface area contributed by atoms with Crippen molar-refractivity contribution in [1.29, 1.82) is 0 Å². The summed E-state index contributed by atoms with van der Waals surface area (Å²) in [6.45, 7) is 4.02. The molecule has 0 aliphatic carbocycles. The number of ether oxygens (including phenoxy) is 1. The molecular formula is C23H30N6O5. The average molecular weight is 471 g/mol. The van der Waals surface area contributed by atoms with E-state index >= 15 is 0 Å². The molecule has 0 saturated carbocycles. The van der Waals surface area contributed by atoms with Crippen LogP contribution in [0.4, 0.5) is 0 Å². The van der Waals surface area contributed by atoms with E-state index in [1.807, 2.05) is 38.1 Å². The van der Waals surface area contributed by atoms with Gasteiger partial charge in [0.1, 0.15) is 23.8 Å². The highest BCUT2D eigenvalue weighted by Crippen LogP contribution is 2.65. The Bertz CT molecular complexity index is 1150. The van der Waals surface area contributed by atoms with Crippen LogP contribution in [0, 0.1) is 17.8 Å². The summed E-state index contributed by atoms with van der Waals surface area (Å²) < 4.78 is 8.14. The lowest BCUT2D eigenvalue weighted by atomic mass is 9.62. The van der Waals surface area contributed by atoms with Crippen molar-refractivity contribution in [2.45, 2.75) is 50.6 Å². The van der Waals surface area contributed by atoms with Crippen molar-refractivity contribution < 1.29 is 24.2 Å². The van der Waals surface area contributed by atoms with Crippen LogP contribution >= 0.6 is 0 Å². The number of nitrogens with zero attached hydrogens (tertiary/aromatic N) is 4. The SMILES string of the molecule is CNC(=O)[C@H]1[C@H]2C(=O)N(CCCO)C(C(=O)NCn3nnc4ccccc43)C23CC(C)[C@]1(C)O3. The fourth-order valence-corrected chi connectivity index (χ4v) is 6.36. The van der Waals surface area contributed by atoms with Gasteiger partial charge in [-0.05, 0) is 37.8 Å². The number of aliphatic hydroxyl groups excluding tert-OH is 1. The molecule has 3 unspecified atom stereocenters.